The quantitative estimate of drug-likeness (QED) is 0.337. The predicted molar refractivity (Wildman–Crippen MR) is 72.7 cm³/mol. The number of halogens is 1. The number of carbonyl (C=O) groups is 1. The van der Waals surface area contributed by atoms with Gasteiger partial charge in [-0.1, -0.05) is 0 Å². The van der Waals surface area contributed by atoms with E-state index < -0.39 is 0 Å². The third-order valence-corrected chi connectivity index (χ3v) is 2.62. The molecule has 0 N–H and O–H groups in total. The molecule has 0 heterocycles. The second-order valence-electron chi connectivity index (χ2n) is 5.22. The topological polar surface area (TPSA) is 44.8 Å². The monoisotopic (exact) mass is 395 g/mol. The molecule has 0 aliphatic rings. The third-order valence-electron chi connectivity index (χ3n) is 2.62. The van der Waals surface area contributed by atoms with Gasteiger partial charge in [-0.2, -0.15) is 0 Å². The molecule has 0 radical (unpaired) electrons. The fourth-order valence-electron chi connectivity index (χ4n) is 1.46. The Morgan fingerprint density at radius 3 is 2.30 bits per heavy atom. The molecular formula is C14H22INO4. The number of hydrogen-bond acceptors (Lipinski definition) is 4. The maximum atomic E-state index is 12.0. The van der Waals surface area contributed by atoms with Crippen molar-refractivity contribution in [1.29, 1.82) is 0 Å². The Balaban J connectivity index is 0.00000361. The molecule has 1 rings (SSSR count). The van der Waals surface area contributed by atoms with Crippen LogP contribution in [0.3, 0.4) is 0 Å². The van der Waals surface area contributed by atoms with E-state index >= 15 is 0 Å². The van der Waals surface area contributed by atoms with Gasteiger partial charge in [-0.3, -0.25) is 0 Å². The van der Waals surface area contributed by atoms with Gasteiger partial charge in [-0.15, -0.1) is 0 Å². The molecule has 1 aromatic carbocycles. The Morgan fingerprint density at radius 2 is 1.80 bits per heavy atom. The first-order chi connectivity index (χ1) is 8.87. The van der Waals surface area contributed by atoms with E-state index in [1.54, 1.807) is 25.3 Å². The fraction of sp³-hybridized carbons (Fsp3) is 0.500. The molecule has 0 saturated carbocycles. The molecule has 0 bridgehead atoms. The number of rotatable bonds is 6. The summed E-state index contributed by atoms with van der Waals surface area (Å²) in [5, 5.41) is 0. The largest absolute Gasteiger partial charge is 1.00 e. The van der Waals surface area contributed by atoms with Crippen LogP contribution < -0.4 is 33.5 Å². The van der Waals surface area contributed by atoms with Crippen molar-refractivity contribution < 1.29 is 47.5 Å². The maximum absolute atomic E-state index is 12.0. The van der Waals surface area contributed by atoms with E-state index in [1.807, 2.05) is 21.1 Å². The highest BCUT2D eigenvalue weighted by atomic mass is 127. The Kier molecular flexibility index (Phi) is 7.88. The van der Waals surface area contributed by atoms with E-state index in [0.717, 1.165) is 11.0 Å². The fourth-order valence-corrected chi connectivity index (χ4v) is 1.46. The minimum atomic E-state index is -0.382. The number of methoxy groups -OCH3 is 2. The minimum absolute atomic E-state index is 0. The molecule has 0 fully saturated rings. The van der Waals surface area contributed by atoms with Crippen LogP contribution in [0.15, 0.2) is 18.2 Å². The lowest BCUT2D eigenvalue weighted by atomic mass is 10.2. The third kappa shape index (κ3) is 5.96. The number of benzene rings is 1. The van der Waals surface area contributed by atoms with Crippen LogP contribution in [0.4, 0.5) is 0 Å². The number of ether oxygens (including phenoxy) is 3. The van der Waals surface area contributed by atoms with E-state index in [-0.39, 0.29) is 29.9 Å². The second-order valence-corrected chi connectivity index (χ2v) is 5.22. The molecule has 0 amide bonds. The van der Waals surface area contributed by atoms with Crippen molar-refractivity contribution in [2.24, 2.45) is 0 Å². The van der Waals surface area contributed by atoms with Crippen molar-refractivity contribution in [3.63, 3.8) is 0 Å². The summed E-state index contributed by atoms with van der Waals surface area (Å²) in [5.41, 5.74) is 0.407. The SMILES string of the molecule is COc1ccc(C(=O)OCC[N+](C)(C)C)c(OC)c1.[I-]. The van der Waals surface area contributed by atoms with Crippen molar-refractivity contribution in [3.8, 4) is 11.5 Å². The minimum Gasteiger partial charge on any atom is -1.00 e. The van der Waals surface area contributed by atoms with Crippen LogP contribution >= 0.6 is 0 Å². The summed E-state index contributed by atoms with van der Waals surface area (Å²) >= 11 is 0. The normalized spacial score (nSPS) is 10.4. The van der Waals surface area contributed by atoms with Gasteiger partial charge in [-0.05, 0) is 12.1 Å². The molecule has 20 heavy (non-hydrogen) atoms. The van der Waals surface area contributed by atoms with Gasteiger partial charge in [0.2, 0.25) is 0 Å². The molecule has 0 saturated heterocycles. The van der Waals surface area contributed by atoms with Crippen LogP contribution in [0.1, 0.15) is 10.4 Å². The molecule has 114 valence electrons. The Bertz CT molecular complexity index is 443. The summed E-state index contributed by atoms with van der Waals surface area (Å²) in [4.78, 5) is 12.0. The molecular weight excluding hydrogens is 373 g/mol. The second kappa shape index (κ2) is 8.31. The molecule has 0 aliphatic carbocycles. The van der Waals surface area contributed by atoms with Crippen LogP contribution in [0.5, 0.6) is 11.5 Å². The van der Waals surface area contributed by atoms with Crippen molar-refractivity contribution in [2.75, 3.05) is 48.5 Å². The Hall–Kier alpha value is -1.02. The standard InChI is InChI=1S/C14H22NO4.HI/c1-15(2,3)8-9-19-14(16)12-7-6-11(17-4)10-13(12)18-5;/h6-7,10H,8-9H2,1-5H3;1H/q+1;/p-1. The van der Waals surface area contributed by atoms with Crippen LogP contribution in [-0.2, 0) is 4.74 Å². The molecule has 0 atom stereocenters. The molecule has 0 aliphatic heterocycles. The number of carbonyl (C=O) groups excluding carboxylic acids is 1. The summed E-state index contributed by atoms with van der Waals surface area (Å²) in [7, 11) is 9.21. The zero-order valence-corrected chi connectivity index (χ0v) is 14.8. The van der Waals surface area contributed by atoms with Gasteiger partial charge in [-0.25, -0.2) is 4.79 Å². The molecule has 0 unspecified atom stereocenters. The summed E-state index contributed by atoms with van der Waals surface area (Å²) in [6, 6.07) is 5.02. The zero-order chi connectivity index (χ0) is 14.5. The summed E-state index contributed by atoms with van der Waals surface area (Å²) in [6.45, 7) is 1.13. The highest BCUT2D eigenvalue weighted by Crippen LogP contribution is 2.25. The van der Waals surface area contributed by atoms with Crippen molar-refractivity contribution >= 4 is 5.97 Å². The maximum Gasteiger partial charge on any atom is 0.342 e. The van der Waals surface area contributed by atoms with Gasteiger partial charge in [0.25, 0.3) is 0 Å². The van der Waals surface area contributed by atoms with Crippen LogP contribution in [0.2, 0.25) is 0 Å². The van der Waals surface area contributed by atoms with E-state index in [9.17, 15) is 4.79 Å². The molecule has 0 spiro atoms. The lowest BCUT2D eigenvalue weighted by molar-refractivity contribution is -0.870. The van der Waals surface area contributed by atoms with Gasteiger partial charge in [0.15, 0.2) is 0 Å². The lowest BCUT2D eigenvalue weighted by Crippen LogP contribution is -3.00. The Labute approximate surface area is 137 Å². The van der Waals surface area contributed by atoms with Crippen molar-refractivity contribution in [1.82, 2.24) is 0 Å². The van der Waals surface area contributed by atoms with Gasteiger partial charge >= 0.3 is 5.97 Å². The average Bonchev–Trinajstić information content (AvgIpc) is 2.36. The first kappa shape index (κ1) is 19.0. The predicted octanol–water partition coefficient (Wildman–Crippen LogP) is -1.43. The first-order valence-electron chi connectivity index (χ1n) is 6.07. The smallest absolute Gasteiger partial charge is 0.342 e. The highest BCUT2D eigenvalue weighted by Gasteiger charge is 2.16. The highest BCUT2D eigenvalue weighted by molar-refractivity contribution is 5.92. The molecule has 5 nitrogen and oxygen atoms in total. The van der Waals surface area contributed by atoms with Crippen LogP contribution in [-0.4, -0.2) is 59.0 Å². The van der Waals surface area contributed by atoms with Gasteiger partial charge in [0.05, 0.1) is 35.4 Å². The first-order valence-corrected chi connectivity index (χ1v) is 6.07. The van der Waals surface area contributed by atoms with E-state index in [0.29, 0.717) is 23.7 Å². The van der Waals surface area contributed by atoms with E-state index in [4.69, 9.17) is 14.2 Å². The number of nitrogens with zero attached hydrogens (tertiary/aromatic N) is 1. The van der Waals surface area contributed by atoms with E-state index in [2.05, 4.69) is 0 Å². The zero-order valence-electron chi connectivity index (χ0n) is 12.6. The van der Waals surface area contributed by atoms with Crippen LogP contribution in [0, 0.1) is 0 Å². The number of hydrogen-bond donors (Lipinski definition) is 0. The summed E-state index contributed by atoms with van der Waals surface area (Å²) < 4.78 is 16.2. The van der Waals surface area contributed by atoms with Gasteiger partial charge in [0, 0.05) is 6.07 Å². The van der Waals surface area contributed by atoms with Crippen molar-refractivity contribution in [2.45, 2.75) is 0 Å². The lowest BCUT2D eigenvalue weighted by Gasteiger charge is -2.23. The number of esters is 1. The van der Waals surface area contributed by atoms with Crippen LogP contribution in [0.25, 0.3) is 0 Å². The van der Waals surface area contributed by atoms with Gasteiger partial charge < -0.3 is 42.7 Å². The summed E-state index contributed by atoms with van der Waals surface area (Å²) in [6.07, 6.45) is 0. The molecule has 1 aromatic rings. The van der Waals surface area contributed by atoms with E-state index in [1.165, 1.54) is 7.11 Å². The van der Waals surface area contributed by atoms with Gasteiger partial charge in [0.1, 0.15) is 30.2 Å². The summed E-state index contributed by atoms with van der Waals surface area (Å²) in [5.74, 6) is 0.710. The molecule has 0 aromatic heterocycles. The molecule has 6 heteroatoms. The number of likely N-dealkylation sites (N-methyl/N-ethyl adjacent to an activating group) is 1. The van der Waals surface area contributed by atoms with Crippen molar-refractivity contribution in [3.05, 3.63) is 23.8 Å². The average molecular weight is 395 g/mol. The Morgan fingerprint density at radius 1 is 1.15 bits per heavy atom. The number of quaternary nitrogens is 1.